The van der Waals surface area contributed by atoms with Crippen molar-refractivity contribution >= 4 is 128 Å². The molecule has 0 aliphatic carbocycles. The molecular formula is C17H2Cl11N. The van der Waals surface area contributed by atoms with E-state index in [1.807, 2.05) is 0 Å². The van der Waals surface area contributed by atoms with Gasteiger partial charge in [-0.3, -0.25) is 4.98 Å². The molecule has 3 aromatic rings. The number of rotatable bonds is 2. The van der Waals surface area contributed by atoms with E-state index in [9.17, 15) is 0 Å². The molecule has 0 fully saturated rings. The fourth-order valence-electron chi connectivity index (χ4n) is 2.48. The second kappa shape index (κ2) is 9.33. The number of pyridine rings is 1. The molecule has 0 N–H and O–H groups in total. The van der Waals surface area contributed by atoms with Crippen LogP contribution in [-0.4, -0.2) is 4.98 Å². The number of hydrogen-bond acceptors (Lipinski definition) is 1. The summed E-state index contributed by atoms with van der Waals surface area (Å²) < 4.78 is 0. The molecule has 0 aliphatic heterocycles. The Labute approximate surface area is 220 Å². The Balaban J connectivity index is 2.40. The molecule has 0 amide bonds. The normalized spacial score (nSPS) is 11.3. The maximum Gasteiger partial charge on any atom is 0.0809 e. The molecule has 1 aromatic heterocycles. The van der Waals surface area contributed by atoms with Crippen molar-refractivity contribution in [2.24, 2.45) is 0 Å². The van der Waals surface area contributed by atoms with Crippen LogP contribution in [0.1, 0.15) is 0 Å². The highest BCUT2D eigenvalue weighted by atomic mass is 35.5. The van der Waals surface area contributed by atoms with Crippen molar-refractivity contribution in [1.29, 1.82) is 0 Å². The zero-order valence-electron chi connectivity index (χ0n) is 13.3. The number of nitrogens with zero attached hydrogens (tertiary/aromatic N) is 1. The lowest BCUT2D eigenvalue weighted by molar-refractivity contribution is 1.33. The summed E-state index contributed by atoms with van der Waals surface area (Å²) in [6, 6.07) is 0. The molecule has 0 saturated heterocycles. The summed E-state index contributed by atoms with van der Waals surface area (Å²) in [7, 11) is 0. The van der Waals surface area contributed by atoms with E-state index >= 15 is 0 Å². The van der Waals surface area contributed by atoms with E-state index < -0.39 is 0 Å². The highest BCUT2D eigenvalue weighted by Gasteiger charge is 2.26. The van der Waals surface area contributed by atoms with Gasteiger partial charge >= 0.3 is 0 Å². The zero-order chi connectivity index (χ0) is 21.8. The van der Waals surface area contributed by atoms with E-state index in [2.05, 4.69) is 4.98 Å². The number of benzene rings is 2. The minimum absolute atomic E-state index is 0.00727. The Hall–Kier alpha value is 0.780. The first-order valence-electron chi connectivity index (χ1n) is 7.17. The minimum atomic E-state index is 0.00727. The third-order valence-electron chi connectivity index (χ3n) is 3.84. The summed E-state index contributed by atoms with van der Waals surface area (Å²) in [6.07, 6.45) is 2.83. The molecule has 0 aliphatic rings. The Morgan fingerprint density at radius 1 is 0.345 bits per heavy atom. The molecule has 0 spiro atoms. The van der Waals surface area contributed by atoms with Crippen LogP contribution in [0.3, 0.4) is 0 Å². The van der Waals surface area contributed by atoms with Crippen LogP contribution in [0.5, 0.6) is 0 Å². The molecule has 0 atom stereocenters. The van der Waals surface area contributed by atoms with E-state index in [1.165, 1.54) is 12.4 Å². The molecule has 2 aromatic carbocycles. The van der Waals surface area contributed by atoms with Crippen LogP contribution >= 0.6 is 128 Å². The molecule has 0 saturated carbocycles. The smallest absolute Gasteiger partial charge is 0.0809 e. The van der Waals surface area contributed by atoms with Gasteiger partial charge in [-0.15, -0.1) is 0 Å². The molecule has 1 heterocycles. The molecule has 12 heteroatoms. The highest BCUT2D eigenvalue weighted by Crippen LogP contribution is 2.53. The van der Waals surface area contributed by atoms with Crippen molar-refractivity contribution in [1.82, 2.24) is 4.98 Å². The lowest BCUT2D eigenvalue weighted by Crippen LogP contribution is -1.93. The van der Waals surface area contributed by atoms with Gasteiger partial charge in [-0.1, -0.05) is 128 Å². The minimum Gasteiger partial charge on any atom is -0.263 e. The van der Waals surface area contributed by atoms with Crippen LogP contribution in [0.4, 0.5) is 0 Å². The monoisotopic (exact) mass is 605 g/mol. The molecule has 1 nitrogen and oxygen atoms in total. The molecule has 0 unspecified atom stereocenters. The number of aromatic nitrogens is 1. The van der Waals surface area contributed by atoms with Gasteiger partial charge in [-0.2, -0.15) is 0 Å². The van der Waals surface area contributed by atoms with Gasteiger partial charge < -0.3 is 0 Å². The maximum atomic E-state index is 6.64. The predicted octanol–water partition coefficient (Wildman–Crippen LogP) is 11.6. The van der Waals surface area contributed by atoms with Gasteiger partial charge in [0.05, 0.1) is 55.2 Å². The lowest BCUT2D eigenvalue weighted by atomic mass is 10.0. The van der Waals surface area contributed by atoms with E-state index in [0.717, 1.165) is 0 Å². The summed E-state index contributed by atoms with van der Waals surface area (Å²) in [5, 5.41) is 0.336. The molecular weight excluding hydrogens is 608 g/mol. The zero-order valence-corrected chi connectivity index (χ0v) is 21.6. The summed E-state index contributed by atoms with van der Waals surface area (Å²) >= 11 is 68.8. The van der Waals surface area contributed by atoms with E-state index in [1.54, 1.807) is 0 Å². The van der Waals surface area contributed by atoms with Gasteiger partial charge in [0.15, 0.2) is 0 Å². The van der Waals surface area contributed by atoms with Gasteiger partial charge in [0.25, 0.3) is 0 Å². The molecule has 152 valence electrons. The summed E-state index contributed by atoms with van der Waals surface area (Å²) in [6.45, 7) is 0. The maximum absolute atomic E-state index is 6.64. The Bertz CT molecular complexity index is 1030. The third kappa shape index (κ3) is 4.12. The van der Waals surface area contributed by atoms with Gasteiger partial charge in [0.2, 0.25) is 0 Å². The van der Waals surface area contributed by atoms with Crippen molar-refractivity contribution in [3.63, 3.8) is 0 Å². The highest BCUT2D eigenvalue weighted by molar-refractivity contribution is 6.58. The third-order valence-corrected chi connectivity index (χ3v) is 8.80. The van der Waals surface area contributed by atoms with Crippen LogP contribution in [-0.2, 0) is 0 Å². The molecule has 0 bridgehead atoms. The Kier molecular flexibility index (Phi) is 7.86. The van der Waals surface area contributed by atoms with Crippen LogP contribution in [0.15, 0.2) is 12.4 Å². The number of halogens is 11. The summed E-state index contributed by atoms with van der Waals surface area (Å²) in [4.78, 5) is 4.17. The SMILES string of the molecule is Clc1c(-c2c(Cl)c(Cl)c(Cl)c(Cl)c2Cl)cncc1-c1c(Cl)c(Cl)c(Cl)c(Cl)c1Cl. The predicted molar refractivity (Wildman–Crippen MR) is 130 cm³/mol. The lowest BCUT2D eigenvalue weighted by Gasteiger charge is -2.17. The van der Waals surface area contributed by atoms with Crippen molar-refractivity contribution in [2.75, 3.05) is 0 Å². The Morgan fingerprint density at radius 3 is 0.862 bits per heavy atom. The van der Waals surface area contributed by atoms with E-state index in [-0.39, 0.29) is 66.4 Å². The van der Waals surface area contributed by atoms with Gasteiger partial charge in [-0.05, 0) is 0 Å². The first kappa shape index (κ1) is 24.4. The second-order valence-corrected chi connectivity index (χ2v) is 9.60. The molecule has 29 heavy (non-hydrogen) atoms. The van der Waals surface area contributed by atoms with Crippen molar-refractivity contribution in [3.8, 4) is 22.3 Å². The van der Waals surface area contributed by atoms with Crippen LogP contribution in [0.25, 0.3) is 22.3 Å². The molecule has 0 radical (unpaired) electrons. The van der Waals surface area contributed by atoms with Crippen molar-refractivity contribution in [3.05, 3.63) is 67.6 Å². The van der Waals surface area contributed by atoms with Crippen molar-refractivity contribution < 1.29 is 0 Å². The summed E-state index contributed by atoms with van der Waals surface area (Å²) in [5.41, 5.74) is 1.05. The Morgan fingerprint density at radius 2 is 0.586 bits per heavy atom. The van der Waals surface area contributed by atoms with Gasteiger partial charge in [-0.25, -0.2) is 0 Å². The fraction of sp³-hybridized carbons (Fsp3) is 0. The van der Waals surface area contributed by atoms with Gasteiger partial charge in [0.1, 0.15) is 0 Å². The van der Waals surface area contributed by atoms with E-state index in [0.29, 0.717) is 11.1 Å². The summed E-state index contributed by atoms with van der Waals surface area (Å²) in [5.74, 6) is 0. The van der Waals surface area contributed by atoms with Crippen molar-refractivity contribution in [2.45, 2.75) is 0 Å². The van der Waals surface area contributed by atoms with Crippen LogP contribution in [0.2, 0.25) is 55.2 Å². The first-order chi connectivity index (χ1) is 13.5. The largest absolute Gasteiger partial charge is 0.263 e. The second-order valence-electron chi connectivity index (χ2n) is 5.44. The average molecular weight is 610 g/mol. The molecule has 3 rings (SSSR count). The standard InChI is InChI=1S/C17H2Cl11N/c18-7-3(5-8(19)12(23)16(27)13(24)9(5)20)1-29-2-4(7)6-10(21)14(25)17(28)15(26)11(6)22/h1-2H. The van der Waals surface area contributed by atoms with Crippen LogP contribution in [0, 0.1) is 0 Å². The van der Waals surface area contributed by atoms with Gasteiger partial charge in [0, 0.05) is 34.6 Å². The average Bonchev–Trinajstić information content (AvgIpc) is 2.70. The fourth-order valence-corrected chi connectivity index (χ4v) is 5.45. The topological polar surface area (TPSA) is 12.9 Å². The van der Waals surface area contributed by atoms with E-state index in [4.69, 9.17) is 128 Å². The quantitative estimate of drug-likeness (QED) is 0.208. The first-order valence-corrected chi connectivity index (χ1v) is 11.3. The van der Waals surface area contributed by atoms with Crippen LogP contribution < -0.4 is 0 Å². The number of hydrogen-bond donors (Lipinski definition) is 0.